The van der Waals surface area contributed by atoms with E-state index in [0.29, 0.717) is 12.0 Å². The summed E-state index contributed by atoms with van der Waals surface area (Å²) in [6, 6.07) is -0.385. The van der Waals surface area contributed by atoms with Gasteiger partial charge >= 0.3 is 0 Å². The van der Waals surface area contributed by atoms with Crippen molar-refractivity contribution in [2.24, 2.45) is 17.1 Å². The second-order valence-corrected chi connectivity index (χ2v) is 4.90. The van der Waals surface area contributed by atoms with Gasteiger partial charge in [0, 0.05) is 22.9 Å². The summed E-state index contributed by atoms with van der Waals surface area (Å²) in [7, 11) is 0. The molecule has 0 bridgehead atoms. The van der Waals surface area contributed by atoms with Crippen molar-refractivity contribution in [3.8, 4) is 0 Å². The van der Waals surface area contributed by atoms with Gasteiger partial charge in [0.1, 0.15) is 5.76 Å². The van der Waals surface area contributed by atoms with Gasteiger partial charge in [-0.2, -0.15) is 0 Å². The third kappa shape index (κ3) is 1.69. The molecule has 1 aliphatic rings. The standard InChI is InChI=1S/C11H19NO2/c1-6-5-11(3,4)10(14)8(7(2)12)9(6)13/h6-7,14H,5,12H2,1-4H3. The van der Waals surface area contributed by atoms with E-state index in [0.717, 1.165) is 0 Å². The average molecular weight is 197 g/mol. The van der Waals surface area contributed by atoms with Gasteiger partial charge in [-0.05, 0) is 13.3 Å². The van der Waals surface area contributed by atoms with E-state index in [-0.39, 0.29) is 28.9 Å². The Morgan fingerprint density at radius 2 is 2.07 bits per heavy atom. The van der Waals surface area contributed by atoms with Gasteiger partial charge in [-0.25, -0.2) is 0 Å². The van der Waals surface area contributed by atoms with Gasteiger partial charge in [0.15, 0.2) is 5.78 Å². The molecule has 0 radical (unpaired) electrons. The Labute approximate surface area is 85.0 Å². The number of allylic oxidation sites excluding steroid dienone is 1. The molecule has 0 heterocycles. The number of aliphatic hydroxyl groups is 1. The largest absolute Gasteiger partial charge is 0.511 e. The first kappa shape index (κ1) is 11.2. The SMILES string of the molecule is CC(N)C1=C(O)C(C)(C)CC(C)C1=O. The van der Waals surface area contributed by atoms with Crippen molar-refractivity contribution in [1.82, 2.24) is 0 Å². The molecule has 3 heteroatoms. The van der Waals surface area contributed by atoms with Crippen molar-refractivity contribution in [2.45, 2.75) is 40.2 Å². The molecule has 0 saturated heterocycles. The van der Waals surface area contributed by atoms with Crippen molar-refractivity contribution in [2.75, 3.05) is 0 Å². The maximum atomic E-state index is 11.8. The summed E-state index contributed by atoms with van der Waals surface area (Å²) in [5.74, 6) is 0.134. The van der Waals surface area contributed by atoms with Gasteiger partial charge in [-0.1, -0.05) is 20.8 Å². The smallest absolute Gasteiger partial charge is 0.166 e. The molecule has 1 rings (SSSR count). The molecule has 0 saturated carbocycles. The second-order valence-electron chi connectivity index (χ2n) is 4.90. The molecular weight excluding hydrogens is 178 g/mol. The van der Waals surface area contributed by atoms with Crippen LogP contribution >= 0.6 is 0 Å². The van der Waals surface area contributed by atoms with Gasteiger partial charge in [0.25, 0.3) is 0 Å². The summed E-state index contributed by atoms with van der Waals surface area (Å²) >= 11 is 0. The minimum Gasteiger partial charge on any atom is -0.511 e. The highest BCUT2D eigenvalue weighted by molar-refractivity contribution is 5.99. The first-order chi connectivity index (χ1) is 6.27. The number of hydrogen-bond donors (Lipinski definition) is 2. The lowest BCUT2D eigenvalue weighted by Crippen LogP contribution is -2.38. The highest BCUT2D eigenvalue weighted by atomic mass is 16.3. The number of carbonyl (C=O) groups excluding carboxylic acids is 1. The molecule has 80 valence electrons. The summed E-state index contributed by atoms with van der Waals surface area (Å²) in [6.07, 6.45) is 0.688. The summed E-state index contributed by atoms with van der Waals surface area (Å²) in [4.78, 5) is 11.8. The lowest BCUT2D eigenvalue weighted by Gasteiger charge is -2.35. The van der Waals surface area contributed by atoms with Crippen LogP contribution in [-0.4, -0.2) is 16.9 Å². The fourth-order valence-electron chi connectivity index (χ4n) is 2.14. The minimum atomic E-state index is -0.385. The van der Waals surface area contributed by atoms with E-state index >= 15 is 0 Å². The highest BCUT2D eigenvalue weighted by Gasteiger charge is 2.39. The maximum Gasteiger partial charge on any atom is 0.166 e. The predicted molar refractivity (Wildman–Crippen MR) is 55.9 cm³/mol. The Balaban J connectivity index is 3.23. The van der Waals surface area contributed by atoms with E-state index in [2.05, 4.69) is 0 Å². The van der Waals surface area contributed by atoms with E-state index in [1.54, 1.807) is 6.92 Å². The number of nitrogens with two attached hydrogens (primary N) is 1. The van der Waals surface area contributed by atoms with E-state index < -0.39 is 0 Å². The molecular formula is C11H19NO2. The molecule has 0 aromatic rings. The number of hydrogen-bond acceptors (Lipinski definition) is 3. The molecule has 2 atom stereocenters. The van der Waals surface area contributed by atoms with E-state index in [1.807, 2.05) is 20.8 Å². The Kier molecular flexibility index (Phi) is 2.72. The monoisotopic (exact) mass is 197 g/mol. The Morgan fingerprint density at radius 3 is 2.50 bits per heavy atom. The first-order valence-electron chi connectivity index (χ1n) is 5.00. The molecule has 0 amide bonds. The van der Waals surface area contributed by atoms with Gasteiger partial charge in [0.05, 0.1) is 0 Å². The Bertz CT molecular complexity index is 290. The summed E-state index contributed by atoms with van der Waals surface area (Å²) < 4.78 is 0. The van der Waals surface area contributed by atoms with Crippen LogP contribution in [0.25, 0.3) is 0 Å². The topological polar surface area (TPSA) is 63.3 Å². The van der Waals surface area contributed by atoms with Gasteiger partial charge in [-0.15, -0.1) is 0 Å². The van der Waals surface area contributed by atoms with Crippen molar-refractivity contribution >= 4 is 5.78 Å². The summed E-state index contributed by atoms with van der Waals surface area (Å²) in [5.41, 5.74) is 5.78. The number of rotatable bonds is 1. The third-order valence-corrected chi connectivity index (χ3v) is 2.88. The lowest BCUT2D eigenvalue weighted by molar-refractivity contribution is -0.121. The average Bonchev–Trinajstić information content (AvgIpc) is 2.00. The van der Waals surface area contributed by atoms with Crippen molar-refractivity contribution in [3.63, 3.8) is 0 Å². The van der Waals surface area contributed by atoms with Crippen LogP contribution in [0.3, 0.4) is 0 Å². The van der Waals surface area contributed by atoms with Crippen LogP contribution in [0.5, 0.6) is 0 Å². The minimum absolute atomic E-state index is 0.00294. The van der Waals surface area contributed by atoms with Gasteiger partial charge in [0.2, 0.25) is 0 Å². The highest BCUT2D eigenvalue weighted by Crippen LogP contribution is 2.40. The van der Waals surface area contributed by atoms with Gasteiger partial charge in [-0.3, -0.25) is 4.79 Å². The third-order valence-electron chi connectivity index (χ3n) is 2.88. The molecule has 0 spiro atoms. The predicted octanol–water partition coefficient (Wildman–Crippen LogP) is 1.78. The molecule has 1 aliphatic carbocycles. The number of aliphatic hydroxyl groups excluding tert-OH is 1. The van der Waals surface area contributed by atoms with Crippen LogP contribution in [0.1, 0.15) is 34.1 Å². The van der Waals surface area contributed by atoms with Crippen molar-refractivity contribution in [3.05, 3.63) is 11.3 Å². The Hall–Kier alpha value is -0.830. The molecule has 3 N–H and O–H groups in total. The van der Waals surface area contributed by atoms with E-state index in [1.165, 1.54) is 0 Å². The number of ketones is 1. The zero-order chi connectivity index (χ0) is 11.1. The first-order valence-corrected chi connectivity index (χ1v) is 5.00. The summed E-state index contributed by atoms with van der Waals surface area (Å²) in [6.45, 7) is 7.50. The quantitative estimate of drug-likeness (QED) is 0.673. The Morgan fingerprint density at radius 1 is 1.57 bits per heavy atom. The molecule has 0 aromatic carbocycles. The second kappa shape index (κ2) is 3.39. The molecule has 0 aromatic heterocycles. The van der Waals surface area contributed by atoms with Crippen LogP contribution in [0.4, 0.5) is 0 Å². The zero-order valence-electron chi connectivity index (χ0n) is 9.29. The number of carbonyl (C=O) groups is 1. The van der Waals surface area contributed by atoms with Crippen LogP contribution in [0.15, 0.2) is 11.3 Å². The molecule has 2 unspecified atom stereocenters. The van der Waals surface area contributed by atoms with Crippen LogP contribution in [0, 0.1) is 11.3 Å². The number of Topliss-reactive ketones (excluding diaryl/α,β-unsaturated/α-hetero) is 1. The van der Waals surface area contributed by atoms with Crippen LogP contribution in [-0.2, 0) is 4.79 Å². The van der Waals surface area contributed by atoms with E-state index in [9.17, 15) is 9.90 Å². The maximum absolute atomic E-state index is 11.8. The van der Waals surface area contributed by atoms with Crippen LogP contribution in [0.2, 0.25) is 0 Å². The van der Waals surface area contributed by atoms with Gasteiger partial charge < -0.3 is 10.8 Å². The van der Waals surface area contributed by atoms with Crippen molar-refractivity contribution < 1.29 is 9.90 Å². The normalized spacial score (nSPS) is 29.2. The lowest BCUT2D eigenvalue weighted by atomic mass is 9.71. The molecule has 3 nitrogen and oxygen atoms in total. The molecule has 0 fully saturated rings. The van der Waals surface area contributed by atoms with Crippen molar-refractivity contribution in [1.29, 1.82) is 0 Å². The van der Waals surface area contributed by atoms with Crippen LogP contribution < -0.4 is 5.73 Å². The molecule has 14 heavy (non-hydrogen) atoms. The summed E-state index contributed by atoms with van der Waals surface area (Å²) in [5, 5.41) is 9.93. The molecule has 0 aliphatic heterocycles. The van der Waals surface area contributed by atoms with E-state index in [4.69, 9.17) is 5.73 Å². The fraction of sp³-hybridized carbons (Fsp3) is 0.727. The fourth-order valence-corrected chi connectivity index (χ4v) is 2.14. The zero-order valence-corrected chi connectivity index (χ0v) is 9.29.